The molecule has 7 nitrogen and oxygen atoms in total. The first-order valence-electron chi connectivity index (χ1n) is 5.64. The second kappa shape index (κ2) is 4.74. The van der Waals surface area contributed by atoms with E-state index in [1.807, 2.05) is 0 Å². The fourth-order valence-corrected chi connectivity index (χ4v) is 2.37. The highest BCUT2D eigenvalue weighted by molar-refractivity contribution is 7.13. The van der Waals surface area contributed by atoms with Crippen LogP contribution in [0.5, 0.6) is 5.75 Å². The summed E-state index contributed by atoms with van der Waals surface area (Å²) in [6.45, 7) is 0. The minimum absolute atomic E-state index is 0.0325. The highest BCUT2D eigenvalue weighted by atomic mass is 32.1. The zero-order valence-corrected chi connectivity index (χ0v) is 11.0. The van der Waals surface area contributed by atoms with Gasteiger partial charge >= 0.3 is 0 Å². The number of rotatable bonds is 2. The summed E-state index contributed by atoms with van der Waals surface area (Å²) in [5, 5.41) is 12.1. The highest BCUT2D eigenvalue weighted by Crippen LogP contribution is 2.32. The van der Waals surface area contributed by atoms with Gasteiger partial charge in [0.2, 0.25) is 5.95 Å². The average Bonchev–Trinajstić information content (AvgIpc) is 2.86. The van der Waals surface area contributed by atoms with Crippen molar-refractivity contribution in [3.05, 3.63) is 29.8 Å². The van der Waals surface area contributed by atoms with E-state index in [4.69, 9.17) is 11.5 Å². The Morgan fingerprint density at radius 1 is 1.00 bits per heavy atom. The van der Waals surface area contributed by atoms with E-state index in [1.54, 1.807) is 23.7 Å². The fraction of sp³-hybridized carbons (Fsp3) is 0. The summed E-state index contributed by atoms with van der Waals surface area (Å²) in [7, 11) is 0. The molecule has 0 amide bonds. The maximum atomic E-state index is 9.91. The van der Waals surface area contributed by atoms with Crippen LogP contribution in [0.1, 0.15) is 0 Å². The average molecular weight is 286 g/mol. The van der Waals surface area contributed by atoms with Crippen molar-refractivity contribution in [1.82, 2.24) is 19.9 Å². The molecular weight excluding hydrogens is 276 g/mol. The van der Waals surface area contributed by atoms with Crippen molar-refractivity contribution in [2.24, 2.45) is 0 Å². The summed E-state index contributed by atoms with van der Waals surface area (Å²) in [4.78, 5) is 16.4. The minimum atomic E-state index is 0.0325. The van der Waals surface area contributed by atoms with Gasteiger partial charge in [0.15, 0.2) is 0 Å². The second-order valence-corrected chi connectivity index (χ2v) is 4.80. The van der Waals surface area contributed by atoms with Crippen molar-refractivity contribution < 1.29 is 5.11 Å². The van der Waals surface area contributed by atoms with Crippen molar-refractivity contribution in [2.75, 3.05) is 11.5 Å². The lowest BCUT2D eigenvalue weighted by Gasteiger charge is -2.04. The molecule has 0 aliphatic rings. The summed E-state index contributed by atoms with van der Waals surface area (Å²) < 4.78 is 0. The number of nitrogens with zero attached hydrogens (tertiary/aromatic N) is 4. The van der Waals surface area contributed by atoms with E-state index in [2.05, 4.69) is 19.9 Å². The molecule has 0 radical (unpaired) electrons. The van der Waals surface area contributed by atoms with Crippen LogP contribution in [0.2, 0.25) is 0 Å². The predicted molar refractivity (Wildman–Crippen MR) is 76.9 cm³/mol. The third-order valence-electron chi connectivity index (χ3n) is 2.54. The molecule has 8 heteroatoms. The minimum Gasteiger partial charge on any atom is -0.506 e. The highest BCUT2D eigenvalue weighted by Gasteiger charge is 2.13. The van der Waals surface area contributed by atoms with Crippen LogP contribution in [-0.4, -0.2) is 25.0 Å². The van der Waals surface area contributed by atoms with Gasteiger partial charge in [-0.3, -0.25) is 0 Å². The van der Waals surface area contributed by atoms with Crippen molar-refractivity contribution in [1.29, 1.82) is 0 Å². The summed E-state index contributed by atoms with van der Waals surface area (Å²) in [6, 6.07) is 4.88. The summed E-state index contributed by atoms with van der Waals surface area (Å²) >= 11 is 1.31. The standard InChI is InChI=1S/C12H10N6OS/c13-9-5-20-11(18-9)10-8(19)2-1-6(16-10)7-3-4-15-12(14)17-7/h1-5,19H,13H2,(H2,14,15,17). The van der Waals surface area contributed by atoms with Crippen LogP contribution in [0.15, 0.2) is 29.8 Å². The van der Waals surface area contributed by atoms with Crippen molar-refractivity contribution in [3.8, 4) is 27.8 Å². The molecule has 3 rings (SSSR count). The van der Waals surface area contributed by atoms with Crippen molar-refractivity contribution >= 4 is 23.1 Å². The maximum Gasteiger partial charge on any atom is 0.220 e. The summed E-state index contributed by atoms with van der Waals surface area (Å²) in [6.07, 6.45) is 1.55. The molecule has 5 N–H and O–H groups in total. The smallest absolute Gasteiger partial charge is 0.220 e. The van der Waals surface area contributed by atoms with Crippen LogP contribution >= 0.6 is 11.3 Å². The molecule has 0 spiro atoms. The Labute approximate surface area is 118 Å². The van der Waals surface area contributed by atoms with Gasteiger partial charge in [-0.15, -0.1) is 11.3 Å². The zero-order chi connectivity index (χ0) is 14.1. The molecule has 0 saturated carbocycles. The predicted octanol–water partition coefficient (Wildman–Crippen LogP) is 1.53. The first kappa shape index (κ1) is 12.3. The number of nitrogens with two attached hydrogens (primary N) is 2. The van der Waals surface area contributed by atoms with Crippen molar-refractivity contribution in [2.45, 2.75) is 0 Å². The molecule has 100 valence electrons. The van der Waals surface area contributed by atoms with Crippen LogP contribution < -0.4 is 11.5 Å². The third kappa shape index (κ3) is 2.24. The fourth-order valence-electron chi connectivity index (χ4n) is 1.66. The SMILES string of the molecule is Nc1csc(-c2nc(-c3ccnc(N)n3)ccc2O)n1. The Hall–Kier alpha value is -2.74. The monoisotopic (exact) mass is 286 g/mol. The third-order valence-corrected chi connectivity index (χ3v) is 3.40. The maximum absolute atomic E-state index is 9.91. The van der Waals surface area contributed by atoms with Gasteiger partial charge in [0.25, 0.3) is 0 Å². The van der Waals surface area contributed by atoms with Gasteiger partial charge < -0.3 is 16.6 Å². The van der Waals surface area contributed by atoms with Gasteiger partial charge in [-0.1, -0.05) is 0 Å². The molecule has 3 heterocycles. The molecule has 0 unspecified atom stereocenters. The molecule has 0 fully saturated rings. The number of nitrogen functional groups attached to an aromatic ring is 2. The van der Waals surface area contributed by atoms with E-state index < -0.39 is 0 Å². The Morgan fingerprint density at radius 2 is 1.80 bits per heavy atom. The lowest BCUT2D eigenvalue weighted by atomic mass is 10.2. The molecule has 0 saturated heterocycles. The summed E-state index contributed by atoms with van der Waals surface area (Å²) in [5.41, 5.74) is 12.6. The van der Waals surface area contributed by atoms with Crippen LogP contribution in [-0.2, 0) is 0 Å². The lowest BCUT2D eigenvalue weighted by molar-refractivity contribution is 0.475. The van der Waals surface area contributed by atoms with E-state index in [-0.39, 0.29) is 11.7 Å². The zero-order valence-electron chi connectivity index (χ0n) is 10.2. The Bertz CT molecular complexity index is 772. The number of anilines is 2. The molecular formula is C12H10N6OS. The molecule has 20 heavy (non-hydrogen) atoms. The number of pyridine rings is 1. The number of aromatic hydroxyl groups is 1. The van der Waals surface area contributed by atoms with Gasteiger partial charge in [0.05, 0.1) is 11.4 Å². The molecule has 0 aliphatic carbocycles. The molecule has 3 aromatic rings. The number of hydrogen-bond acceptors (Lipinski definition) is 8. The first-order chi connectivity index (χ1) is 9.63. The Morgan fingerprint density at radius 3 is 2.50 bits per heavy atom. The first-order valence-corrected chi connectivity index (χ1v) is 6.52. The molecule has 0 bridgehead atoms. The lowest BCUT2D eigenvalue weighted by Crippen LogP contribution is -1.97. The van der Waals surface area contributed by atoms with Crippen LogP contribution in [0.3, 0.4) is 0 Å². The quantitative estimate of drug-likeness (QED) is 0.652. The topological polar surface area (TPSA) is 124 Å². The second-order valence-electron chi connectivity index (χ2n) is 3.94. The van der Waals surface area contributed by atoms with E-state index >= 15 is 0 Å². The number of hydrogen-bond donors (Lipinski definition) is 3. The van der Waals surface area contributed by atoms with Gasteiger partial charge in [0.1, 0.15) is 22.3 Å². The van der Waals surface area contributed by atoms with Crippen LogP contribution in [0.25, 0.3) is 22.1 Å². The van der Waals surface area contributed by atoms with Gasteiger partial charge in [-0.2, -0.15) is 0 Å². The number of aromatic nitrogens is 4. The Balaban J connectivity index is 2.11. The van der Waals surface area contributed by atoms with Gasteiger partial charge in [0, 0.05) is 11.6 Å². The van der Waals surface area contributed by atoms with Crippen LogP contribution in [0.4, 0.5) is 11.8 Å². The molecule has 0 atom stereocenters. The Kier molecular flexibility index (Phi) is 2.92. The van der Waals surface area contributed by atoms with E-state index in [9.17, 15) is 5.11 Å². The van der Waals surface area contributed by atoms with Gasteiger partial charge in [-0.25, -0.2) is 19.9 Å². The molecule has 3 aromatic heterocycles. The molecule has 0 aliphatic heterocycles. The largest absolute Gasteiger partial charge is 0.506 e. The summed E-state index contributed by atoms with van der Waals surface area (Å²) in [5.74, 6) is 0.588. The van der Waals surface area contributed by atoms with E-state index in [1.165, 1.54) is 17.4 Å². The normalized spacial score (nSPS) is 10.6. The van der Waals surface area contributed by atoms with Gasteiger partial charge in [-0.05, 0) is 18.2 Å². The van der Waals surface area contributed by atoms with E-state index in [0.29, 0.717) is 27.9 Å². The van der Waals surface area contributed by atoms with Crippen LogP contribution in [0, 0.1) is 0 Å². The number of thiazole rings is 1. The van der Waals surface area contributed by atoms with Crippen molar-refractivity contribution in [3.63, 3.8) is 0 Å². The van der Waals surface area contributed by atoms with E-state index in [0.717, 1.165) is 0 Å². The molecule has 0 aromatic carbocycles.